The minimum Gasteiger partial charge on any atom is -0.464 e. The van der Waals surface area contributed by atoms with Crippen molar-refractivity contribution in [2.75, 3.05) is 13.1 Å². The van der Waals surface area contributed by atoms with Crippen LogP contribution in [-0.2, 0) is 22.6 Å². The Morgan fingerprint density at radius 1 is 0.739 bits per heavy atom. The number of benzene rings is 3. The first-order valence-electron chi connectivity index (χ1n) is 15.6. The lowest BCUT2D eigenvalue weighted by atomic mass is 10.0. The van der Waals surface area contributed by atoms with Gasteiger partial charge in [-0.15, -0.1) is 0 Å². The fourth-order valence-corrected chi connectivity index (χ4v) is 5.06. The first kappa shape index (κ1) is 33.9. The highest BCUT2D eigenvalue weighted by atomic mass is 16.3. The first-order valence-corrected chi connectivity index (χ1v) is 15.6. The van der Waals surface area contributed by atoms with Crippen LogP contribution in [-0.4, -0.2) is 54.8 Å². The van der Waals surface area contributed by atoms with Gasteiger partial charge in [-0.1, -0.05) is 56.3 Å². The number of likely N-dealkylation sites (N-methyl/N-ethyl adjacent to an activating group) is 1. The molecule has 10 nitrogen and oxygen atoms in total. The third-order valence-corrected chi connectivity index (χ3v) is 7.68. The summed E-state index contributed by atoms with van der Waals surface area (Å²) >= 11 is 0. The molecule has 0 fully saturated rings. The highest BCUT2D eigenvalue weighted by Crippen LogP contribution is 2.17. The van der Waals surface area contributed by atoms with Gasteiger partial charge in [-0.2, -0.15) is 0 Å². The Hall–Kier alpha value is -4.96. The monoisotopic (exact) mass is 625 g/mol. The van der Waals surface area contributed by atoms with Crippen LogP contribution in [0.15, 0.2) is 89.5 Å². The van der Waals surface area contributed by atoms with Gasteiger partial charge in [0.1, 0.15) is 11.6 Å². The summed E-state index contributed by atoms with van der Waals surface area (Å²) < 4.78 is 5.38. The van der Waals surface area contributed by atoms with Gasteiger partial charge >= 0.3 is 0 Å². The van der Waals surface area contributed by atoms with Crippen LogP contribution in [0.1, 0.15) is 59.5 Å². The van der Waals surface area contributed by atoms with Crippen LogP contribution in [0.2, 0.25) is 0 Å². The maximum atomic E-state index is 13.4. The van der Waals surface area contributed by atoms with E-state index < -0.39 is 12.1 Å². The number of rotatable bonds is 15. The van der Waals surface area contributed by atoms with Crippen LogP contribution in [0.25, 0.3) is 11.0 Å². The van der Waals surface area contributed by atoms with Gasteiger partial charge in [-0.25, -0.2) is 0 Å². The summed E-state index contributed by atoms with van der Waals surface area (Å²) in [7, 11) is 0. The van der Waals surface area contributed by atoms with E-state index in [1.807, 2.05) is 75.4 Å². The molecule has 242 valence electrons. The number of amides is 4. The van der Waals surface area contributed by atoms with Crippen LogP contribution in [0.4, 0.5) is 0 Å². The molecule has 3 aromatic carbocycles. The Balaban J connectivity index is 1.39. The summed E-state index contributed by atoms with van der Waals surface area (Å²) in [5.41, 5.74) is 3.44. The Bertz CT molecular complexity index is 1630. The molecule has 1 heterocycles. The molecule has 4 amide bonds. The summed E-state index contributed by atoms with van der Waals surface area (Å²) in [5.74, 6) is -1.25. The molecule has 4 aromatic rings. The summed E-state index contributed by atoms with van der Waals surface area (Å²) in [4.78, 5) is 51.8. The van der Waals surface area contributed by atoms with E-state index in [4.69, 9.17) is 4.42 Å². The fraction of sp³-hybridized carbons (Fsp3) is 0.333. The van der Waals surface area contributed by atoms with Crippen LogP contribution < -0.4 is 26.6 Å². The van der Waals surface area contributed by atoms with E-state index in [0.717, 1.165) is 22.1 Å². The lowest BCUT2D eigenvalue weighted by Gasteiger charge is -2.25. The van der Waals surface area contributed by atoms with Gasteiger partial charge in [0.15, 0.2) is 0 Å². The van der Waals surface area contributed by atoms with Crippen molar-refractivity contribution in [3.63, 3.8) is 0 Å². The lowest BCUT2D eigenvalue weighted by Crippen LogP contribution is -2.55. The smallest absolute Gasteiger partial charge is 0.251 e. The van der Waals surface area contributed by atoms with Crippen molar-refractivity contribution in [1.82, 2.24) is 26.6 Å². The van der Waals surface area contributed by atoms with Crippen molar-refractivity contribution in [2.24, 2.45) is 5.92 Å². The van der Waals surface area contributed by atoms with E-state index in [2.05, 4.69) is 26.6 Å². The van der Waals surface area contributed by atoms with Crippen LogP contribution >= 0.6 is 0 Å². The number of hydrogen-bond acceptors (Lipinski definition) is 6. The zero-order valence-corrected chi connectivity index (χ0v) is 26.8. The van der Waals surface area contributed by atoms with Gasteiger partial charge in [-0.05, 0) is 73.7 Å². The van der Waals surface area contributed by atoms with E-state index in [1.165, 1.54) is 0 Å². The molecular weight excluding hydrogens is 582 g/mol. The fourth-order valence-electron chi connectivity index (χ4n) is 5.06. The third-order valence-electron chi connectivity index (χ3n) is 7.68. The van der Waals surface area contributed by atoms with E-state index >= 15 is 0 Å². The maximum absolute atomic E-state index is 13.4. The number of carbonyl (C=O) groups is 4. The summed E-state index contributed by atoms with van der Waals surface area (Å²) in [5, 5.41) is 15.8. The number of nitrogens with one attached hydrogen (secondary N) is 5. The Labute approximate surface area is 269 Å². The highest BCUT2D eigenvalue weighted by Gasteiger charge is 2.26. The predicted molar refractivity (Wildman–Crippen MR) is 178 cm³/mol. The number of carbonyl (C=O) groups excluding carboxylic acids is 4. The molecule has 0 unspecified atom stereocenters. The second kappa shape index (κ2) is 16.4. The summed E-state index contributed by atoms with van der Waals surface area (Å²) in [6, 6.07) is 22.3. The van der Waals surface area contributed by atoms with E-state index in [9.17, 15) is 19.2 Å². The molecule has 4 rings (SSSR count). The standard InChI is InChI=1S/C36H43N5O5/c1-5-37-36(45)32(23(2)3)41-33(42)24(4)38-22-30(19-25-10-7-6-8-11-25)40-35(44)29-13-9-12-28(20-29)34(43)39-21-26-14-15-31-27(18-26)16-17-46-31/h6-18,20,23-24,30,32,38H,5,19,21-22H2,1-4H3,(H,37,45)(H,39,43)(H,40,44)(H,41,42)/t24-,30-,32-/m0/s1. The van der Waals surface area contributed by atoms with Gasteiger partial charge in [0.25, 0.3) is 11.8 Å². The second-order valence-corrected chi connectivity index (χ2v) is 11.7. The quantitative estimate of drug-likeness (QED) is 0.135. The zero-order valence-electron chi connectivity index (χ0n) is 26.8. The van der Waals surface area contributed by atoms with Gasteiger partial charge in [0.2, 0.25) is 11.8 Å². The molecule has 10 heteroatoms. The van der Waals surface area contributed by atoms with E-state index in [-0.39, 0.29) is 35.6 Å². The first-order chi connectivity index (χ1) is 22.1. The maximum Gasteiger partial charge on any atom is 0.251 e. The SMILES string of the molecule is CCNC(=O)[C@@H](NC(=O)[C@H](C)NC[C@H](Cc1ccccc1)NC(=O)c1cccc(C(=O)NCc2ccc3occc3c2)c1)C(C)C. The molecule has 0 aliphatic carbocycles. The number of hydrogen-bond donors (Lipinski definition) is 5. The summed E-state index contributed by atoms with van der Waals surface area (Å²) in [6.07, 6.45) is 2.14. The molecule has 5 N–H and O–H groups in total. The average Bonchev–Trinajstić information content (AvgIpc) is 3.53. The largest absolute Gasteiger partial charge is 0.464 e. The molecule has 0 radical (unpaired) electrons. The van der Waals surface area contributed by atoms with Gasteiger partial charge in [0, 0.05) is 42.2 Å². The Morgan fingerprint density at radius 2 is 1.48 bits per heavy atom. The van der Waals surface area contributed by atoms with Crippen molar-refractivity contribution in [3.8, 4) is 0 Å². The molecule has 0 aliphatic rings. The Morgan fingerprint density at radius 3 is 2.20 bits per heavy atom. The second-order valence-electron chi connectivity index (χ2n) is 11.7. The minimum atomic E-state index is -0.652. The lowest BCUT2D eigenvalue weighted by molar-refractivity contribution is -0.130. The predicted octanol–water partition coefficient (Wildman–Crippen LogP) is 3.96. The molecule has 0 aliphatic heterocycles. The minimum absolute atomic E-state index is 0.0860. The molecule has 0 spiro atoms. The third kappa shape index (κ3) is 9.52. The van der Waals surface area contributed by atoms with Crippen LogP contribution in [0, 0.1) is 5.92 Å². The molecule has 0 saturated heterocycles. The van der Waals surface area contributed by atoms with E-state index in [0.29, 0.717) is 37.2 Å². The summed E-state index contributed by atoms with van der Waals surface area (Å²) in [6.45, 7) is 8.41. The topological polar surface area (TPSA) is 142 Å². The molecular formula is C36H43N5O5. The Kier molecular flexibility index (Phi) is 12.1. The van der Waals surface area contributed by atoms with Crippen molar-refractivity contribution in [3.05, 3.63) is 107 Å². The zero-order chi connectivity index (χ0) is 33.1. The van der Waals surface area contributed by atoms with Gasteiger partial charge in [-0.3, -0.25) is 19.2 Å². The van der Waals surface area contributed by atoms with Crippen LogP contribution in [0.3, 0.4) is 0 Å². The van der Waals surface area contributed by atoms with Crippen molar-refractivity contribution in [1.29, 1.82) is 0 Å². The molecule has 0 bridgehead atoms. The van der Waals surface area contributed by atoms with Crippen LogP contribution in [0.5, 0.6) is 0 Å². The number of furan rings is 1. The van der Waals surface area contributed by atoms with Gasteiger partial charge < -0.3 is 31.0 Å². The van der Waals surface area contributed by atoms with Gasteiger partial charge in [0.05, 0.1) is 12.3 Å². The number of fused-ring (bicyclic) bond motifs is 1. The average molecular weight is 626 g/mol. The van der Waals surface area contributed by atoms with Crippen molar-refractivity contribution < 1.29 is 23.6 Å². The highest BCUT2D eigenvalue weighted by molar-refractivity contribution is 5.99. The normalized spacial score (nSPS) is 13.1. The van der Waals surface area contributed by atoms with Crippen molar-refractivity contribution >= 4 is 34.6 Å². The molecule has 1 aromatic heterocycles. The molecule has 0 saturated carbocycles. The molecule has 3 atom stereocenters. The molecule has 46 heavy (non-hydrogen) atoms. The van der Waals surface area contributed by atoms with Crippen molar-refractivity contribution in [2.45, 2.75) is 58.8 Å². The van der Waals surface area contributed by atoms with E-state index in [1.54, 1.807) is 37.5 Å².